The number of esters is 1. The summed E-state index contributed by atoms with van der Waals surface area (Å²) in [6.07, 6.45) is 1.41. The van der Waals surface area contributed by atoms with E-state index in [2.05, 4.69) is 36.1 Å². The maximum absolute atomic E-state index is 11.9. The summed E-state index contributed by atoms with van der Waals surface area (Å²) >= 11 is 0. The number of carbonyl (C=O) groups is 1. The number of benzene rings is 2. The largest absolute Gasteiger partial charge is 0.496 e. The van der Waals surface area contributed by atoms with Crippen LogP contribution in [0.4, 0.5) is 23.0 Å². The molecule has 0 unspecified atom stereocenters. The Bertz CT molecular complexity index is 1710. The van der Waals surface area contributed by atoms with E-state index in [-0.39, 0.29) is 35.2 Å². The predicted molar refractivity (Wildman–Crippen MR) is 142 cm³/mol. The van der Waals surface area contributed by atoms with Gasteiger partial charge in [0.1, 0.15) is 17.3 Å². The van der Waals surface area contributed by atoms with Gasteiger partial charge in [0.15, 0.2) is 11.6 Å². The normalized spacial score (nSPS) is 11.1. The highest BCUT2D eigenvalue weighted by molar-refractivity contribution is 5.90. The first-order valence-electron chi connectivity index (χ1n) is 11.7. The first-order chi connectivity index (χ1) is 19.4. The van der Waals surface area contributed by atoms with Crippen molar-refractivity contribution in [2.45, 2.75) is 6.92 Å². The smallest absolute Gasteiger partial charge is 0.338 e. The summed E-state index contributed by atoms with van der Waals surface area (Å²) in [6.45, 7) is 2.01. The number of nitro benzene ring substituents is 1. The van der Waals surface area contributed by atoms with Gasteiger partial charge >= 0.3 is 5.97 Å². The molecule has 0 saturated carbocycles. The van der Waals surface area contributed by atoms with E-state index in [4.69, 9.17) is 18.5 Å². The number of carbonyl (C=O) groups excluding carboxylic acids is 1. The average Bonchev–Trinajstić information content (AvgIpc) is 3.62. The molecule has 5 rings (SSSR count). The van der Waals surface area contributed by atoms with Crippen molar-refractivity contribution in [3.05, 3.63) is 76.0 Å². The third kappa shape index (κ3) is 5.52. The molecule has 0 aliphatic carbocycles. The van der Waals surface area contributed by atoms with Gasteiger partial charge < -0.3 is 19.2 Å². The molecule has 15 heteroatoms. The lowest BCUT2D eigenvalue weighted by atomic mass is 10.1. The van der Waals surface area contributed by atoms with Gasteiger partial charge in [-0.25, -0.2) is 14.4 Å². The van der Waals surface area contributed by atoms with Crippen molar-refractivity contribution >= 4 is 46.5 Å². The molecule has 2 N–H and O–H groups in total. The number of methoxy groups -OCH3 is 1. The zero-order valence-electron chi connectivity index (χ0n) is 21.0. The summed E-state index contributed by atoms with van der Waals surface area (Å²) in [6, 6.07) is 14.2. The zero-order valence-corrected chi connectivity index (χ0v) is 21.0. The lowest BCUT2D eigenvalue weighted by molar-refractivity contribution is -0.384. The van der Waals surface area contributed by atoms with Gasteiger partial charge in [0, 0.05) is 11.8 Å². The van der Waals surface area contributed by atoms with Crippen LogP contribution in [0.25, 0.3) is 22.6 Å². The van der Waals surface area contributed by atoms with Gasteiger partial charge in [-0.05, 0) is 59.7 Å². The second-order valence-corrected chi connectivity index (χ2v) is 7.97. The molecule has 0 radical (unpaired) electrons. The van der Waals surface area contributed by atoms with Gasteiger partial charge in [0.2, 0.25) is 11.3 Å². The Morgan fingerprint density at radius 1 is 1.07 bits per heavy atom. The molecule has 0 atom stereocenters. The van der Waals surface area contributed by atoms with E-state index >= 15 is 0 Å². The third-order valence-corrected chi connectivity index (χ3v) is 5.42. The number of ether oxygens (including phenoxy) is 2. The second-order valence-electron chi connectivity index (χ2n) is 7.97. The number of anilines is 3. The molecular formula is C25H20N8O7. The summed E-state index contributed by atoms with van der Waals surface area (Å²) in [5.74, 6) is 1.15. The molecule has 0 amide bonds. The van der Waals surface area contributed by atoms with Gasteiger partial charge in [0.05, 0.1) is 42.0 Å². The number of hydrogen-bond donors (Lipinski definition) is 2. The highest BCUT2D eigenvalue weighted by atomic mass is 16.6. The number of fused-ring (bicyclic) bond motifs is 1. The lowest BCUT2D eigenvalue weighted by Gasteiger charge is -2.09. The molecule has 0 saturated heterocycles. The van der Waals surface area contributed by atoms with E-state index < -0.39 is 10.9 Å². The number of furan rings is 1. The van der Waals surface area contributed by atoms with Gasteiger partial charge in [-0.3, -0.25) is 15.5 Å². The topological polar surface area (TPSA) is 193 Å². The standard InChI is InChI=1S/C25H20N8O7/c1-3-38-25(34)14-4-6-15(7-5-14)27-21-22(29-24-23(28-21)31-40-32-24)30-26-13-17-9-11-19(39-17)18-10-8-16(33(35)36)12-20(18)37-2/h4-13H,3H2,1-2H3,(H,27,28,31)(H,29,30,32). The molecule has 0 bridgehead atoms. The molecule has 0 spiro atoms. The molecule has 40 heavy (non-hydrogen) atoms. The van der Waals surface area contributed by atoms with Crippen molar-refractivity contribution in [3.63, 3.8) is 0 Å². The molecule has 5 aromatic rings. The van der Waals surface area contributed by atoms with Crippen molar-refractivity contribution in [2.75, 3.05) is 24.5 Å². The van der Waals surface area contributed by atoms with Crippen LogP contribution in [0.1, 0.15) is 23.0 Å². The Labute approximate surface area is 224 Å². The molecule has 0 fully saturated rings. The summed E-state index contributed by atoms with van der Waals surface area (Å²) in [5.41, 5.74) is 4.58. The molecule has 3 aromatic heterocycles. The van der Waals surface area contributed by atoms with Crippen molar-refractivity contribution in [3.8, 4) is 17.1 Å². The fourth-order valence-electron chi connectivity index (χ4n) is 3.56. The highest BCUT2D eigenvalue weighted by Gasteiger charge is 2.16. The van der Waals surface area contributed by atoms with Crippen LogP contribution < -0.4 is 15.5 Å². The molecular weight excluding hydrogens is 524 g/mol. The summed E-state index contributed by atoms with van der Waals surface area (Å²) in [4.78, 5) is 31.2. The van der Waals surface area contributed by atoms with E-state index in [1.54, 1.807) is 49.4 Å². The Hall–Kier alpha value is -5.86. The van der Waals surface area contributed by atoms with Crippen molar-refractivity contribution in [2.24, 2.45) is 5.10 Å². The number of non-ortho nitro benzene ring substituents is 1. The maximum Gasteiger partial charge on any atom is 0.338 e. The number of nitrogens with one attached hydrogen (secondary N) is 2. The van der Waals surface area contributed by atoms with Crippen LogP contribution in [-0.4, -0.2) is 51.1 Å². The Balaban J connectivity index is 1.34. The first kappa shape index (κ1) is 25.8. The van der Waals surface area contributed by atoms with Crippen LogP contribution in [0.5, 0.6) is 5.75 Å². The highest BCUT2D eigenvalue weighted by Crippen LogP contribution is 2.34. The maximum atomic E-state index is 11.9. The molecule has 3 heterocycles. The number of rotatable bonds is 10. The van der Waals surface area contributed by atoms with Crippen molar-refractivity contribution in [1.29, 1.82) is 0 Å². The minimum Gasteiger partial charge on any atom is -0.496 e. The van der Waals surface area contributed by atoms with Crippen molar-refractivity contribution < 1.29 is 28.2 Å². The quantitative estimate of drug-likeness (QED) is 0.108. The van der Waals surface area contributed by atoms with E-state index in [1.807, 2.05) is 0 Å². The monoisotopic (exact) mass is 544 g/mol. The van der Waals surface area contributed by atoms with Gasteiger partial charge in [0.25, 0.3) is 5.69 Å². The molecule has 0 aliphatic heterocycles. The zero-order chi connectivity index (χ0) is 28.1. The average molecular weight is 544 g/mol. The predicted octanol–water partition coefficient (Wildman–Crippen LogP) is 4.56. The van der Waals surface area contributed by atoms with Crippen LogP contribution in [0, 0.1) is 10.1 Å². The Morgan fingerprint density at radius 2 is 1.82 bits per heavy atom. The minimum atomic E-state index is -0.505. The van der Waals surface area contributed by atoms with E-state index in [9.17, 15) is 14.9 Å². The second kappa shape index (κ2) is 11.3. The molecule has 2 aromatic carbocycles. The number of nitrogens with zero attached hydrogens (tertiary/aromatic N) is 6. The summed E-state index contributed by atoms with van der Waals surface area (Å²) in [5, 5.41) is 25.8. The molecule has 202 valence electrons. The SMILES string of the molecule is CCOC(=O)c1ccc(Nc2nc3nonc3nc2NN=Cc2ccc(-c3ccc([N+](=O)[O-])cc3OC)o2)cc1. The van der Waals surface area contributed by atoms with Crippen LogP contribution in [0.15, 0.2) is 68.7 Å². The van der Waals surface area contributed by atoms with Crippen LogP contribution >= 0.6 is 0 Å². The van der Waals surface area contributed by atoms with E-state index in [0.29, 0.717) is 34.1 Å². The van der Waals surface area contributed by atoms with Crippen LogP contribution in [-0.2, 0) is 4.74 Å². The number of nitro groups is 1. The number of hydrogen-bond acceptors (Lipinski definition) is 14. The van der Waals surface area contributed by atoms with Crippen LogP contribution in [0.2, 0.25) is 0 Å². The van der Waals surface area contributed by atoms with E-state index in [1.165, 1.54) is 25.5 Å². The molecule has 0 aliphatic rings. The van der Waals surface area contributed by atoms with E-state index in [0.717, 1.165) is 0 Å². The first-order valence-corrected chi connectivity index (χ1v) is 11.7. The Kier molecular flexibility index (Phi) is 7.26. The third-order valence-electron chi connectivity index (χ3n) is 5.42. The fraction of sp³-hybridized carbons (Fsp3) is 0.120. The summed E-state index contributed by atoms with van der Waals surface area (Å²) < 4.78 is 20.8. The minimum absolute atomic E-state index is 0.0992. The van der Waals surface area contributed by atoms with Crippen LogP contribution in [0.3, 0.4) is 0 Å². The van der Waals surface area contributed by atoms with Gasteiger partial charge in [-0.15, -0.1) is 0 Å². The number of hydrazone groups is 1. The van der Waals surface area contributed by atoms with Gasteiger partial charge in [-0.2, -0.15) is 10.1 Å². The fourth-order valence-corrected chi connectivity index (χ4v) is 3.56. The van der Waals surface area contributed by atoms with Gasteiger partial charge in [-0.1, -0.05) is 0 Å². The Morgan fingerprint density at radius 3 is 2.52 bits per heavy atom. The lowest BCUT2D eigenvalue weighted by Crippen LogP contribution is -2.05. The summed E-state index contributed by atoms with van der Waals surface area (Å²) in [7, 11) is 1.42. The van der Waals surface area contributed by atoms with Crippen molar-refractivity contribution in [1.82, 2.24) is 20.3 Å². The number of aromatic nitrogens is 4. The molecule has 15 nitrogen and oxygen atoms in total.